The number of anilines is 1. The van der Waals surface area contributed by atoms with Gasteiger partial charge in [0.1, 0.15) is 0 Å². The van der Waals surface area contributed by atoms with Crippen LogP contribution in [0.25, 0.3) is 0 Å². The molecule has 2 nitrogen and oxygen atoms in total. The fourth-order valence-electron chi connectivity index (χ4n) is 1.03. The van der Waals surface area contributed by atoms with E-state index in [1.54, 1.807) is 6.07 Å². The molecule has 1 atom stereocenters. The van der Waals surface area contributed by atoms with Gasteiger partial charge in [-0.15, -0.1) is 0 Å². The summed E-state index contributed by atoms with van der Waals surface area (Å²) in [5.41, 5.74) is 13.1. The number of halogens is 1. The Balaban J connectivity index is 2.96. The minimum Gasteiger partial charge on any atom is -0.398 e. The molecule has 0 aromatic heterocycles. The zero-order valence-electron chi connectivity index (χ0n) is 7.05. The molecule has 4 N–H and O–H groups in total. The van der Waals surface area contributed by atoms with E-state index in [1.165, 1.54) is 0 Å². The van der Waals surface area contributed by atoms with E-state index in [1.807, 2.05) is 19.1 Å². The minimum atomic E-state index is 0.0598. The van der Waals surface area contributed by atoms with Crippen LogP contribution in [-0.4, -0.2) is 0 Å². The van der Waals surface area contributed by atoms with Gasteiger partial charge in [0, 0.05) is 6.04 Å². The molecule has 0 aliphatic rings. The molecular weight excluding hydrogens is 172 g/mol. The van der Waals surface area contributed by atoms with Gasteiger partial charge in [-0.05, 0) is 24.1 Å². The molecule has 0 saturated heterocycles. The highest BCUT2D eigenvalue weighted by Gasteiger charge is 2.04. The second-order valence-corrected chi connectivity index (χ2v) is 3.20. The average Bonchev–Trinajstić information content (AvgIpc) is 2.08. The molecule has 0 radical (unpaired) electrons. The molecule has 1 rings (SSSR count). The first-order valence-electron chi connectivity index (χ1n) is 3.95. The van der Waals surface area contributed by atoms with Crippen LogP contribution in [0.15, 0.2) is 18.2 Å². The third kappa shape index (κ3) is 1.90. The van der Waals surface area contributed by atoms with E-state index in [0.29, 0.717) is 10.7 Å². The molecule has 0 aliphatic carbocycles. The summed E-state index contributed by atoms with van der Waals surface area (Å²) < 4.78 is 0. The van der Waals surface area contributed by atoms with Crippen molar-refractivity contribution in [2.75, 3.05) is 5.73 Å². The second kappa shape index (κ2) is 3.78. The molecule has 0 amide bonds. The van der Waals surface area contributed by atoms with Crippen LogP contribution in [0, 0.1) is 0 Å². The van der Waals surface area contributed by atoms with Crippen LogP contribution < -0.4 is 11.5 Å². The summed E-state index contributed by atoms with van der Waals surface area (Å²) in [6, 6.07) is 5.58. The molecule has 0 bridgehead atoms. The van der Waals surface area contributed by atoms with E-state index in [0.717, 1.165) is 12.0 Å². The largest absolute Gasteiger partial charge is 0.398 e. The highest BCUT2D eigenvalue weighted by atomic mass is 35.5. The predicted octanol–water partition coefficient (Wildman–Crippen LogP) is 2.33. The van der Waals surface area contributed by atoms with Gasteiger partial charge in [0.2, 0.25) is 0 Å². The van der Waals surface area contributed by atoms with Crippen LogP contribution in [0.5, 0.6) is 0 Å². The lowest BCUT2D eigenvalue weighted by atomic mass is 10.1. The van der Waals surface area contributed by atoms with Gasteiger partial charge in [-0.2, -0.15) is 0 Å². The van der Waals surface area contributed by atoms with Gasteiger partial charge in [-0.3, -0.25) is 0 Å². The van der Waals surface area contributed by atoms with Crippen molar-refractivity contribution in [2.45, 2.75) is 19.4 Å². The maximum Gasteiger partial charge on any atom is 0.0635 e. The highest BCUT2D eigenvalue weighted by molar-refractivity contribution is 6.33. The van der Waals surface area contributed by atoms with E-state index in [9.17, 15) is 0 Å². The van der Waals surface area contributed by atoms with Crippen LogP contribution >= 0.6 is 11.6 Å². The van der Waals surface area contributed by atoms with Crippen molar-refractivity contribution in [1.29, 1.82) is 0 Å². The summed E-state index contributed by atoms with van der Waals surface area (Å²) in [4.78, 5) is 0. The summed E-state index contributed by atoms with van der Waals surface area (Å²) in [6.07, 6.45) is 0.904. The maximum atomic E-state index is 5.81. The van der Waals surface area contributed by atoms with E-state index >= 15 is 0 Å². The smallest absolute Gasteiger partial charge is 0.0635 e. The highest BCUT2D eigenvalue weighted by Crippen LogP contribution is 2.23. The van der Waals surface area contributed by atoms with Crippen LogP contribution in [0.4, 0.5) is 5.69 Å². The van der Waals surface area contributed by atoms with Crippen molar-refractivity contribution in [2.24, 2.45) is 5.73 Å². The zero-order valence-corrected chi connectivity index (χ0v) is 7.81. The summed E-state index contributed by atoms with van der Waals surface area (Å²) in [5.74, 6) is 0. The van der Waals surface area contributed by atoms with E-state index < -0.39 is 0 Å². The number of nitrogen functional groups attached to an aromatic ring is 1. The second-order valence-electron chi connectivity index (χ2n) is 2.80. The number of rotatable bonds is 2. The van der Waals surface area contributed by atoms with Crippen LogP contribution in [0.2, 0.25) is 5.02 Å². The molecule has 1 aromatic carbocycles. The fraction of sp³-hybridized carbons (Fsp3) is 0.333. The van der Waals surface area contributed by atoms with Gasteiger partial charge in [0.25, 0.3) is 0 Å². The number of hydrogen-bond donors (Lipinski definition) is 2. The van der Waals surface area contributed by atoms with Crippen molar-refractivity contribution < 1.29 is 0 Å². The molecule has 0 unspecified atom stereocenters. The number of nitrogens with two attached hydrogens (primary N) is 2. The zero-order chi connectivity index (χ0) is 9.14. The molecule has 0 saturated carbocycles. The fourth-order valence-corrected chi connectivity index (χ4v) is 1.15. The Labute approximate surface area is 77.5 Å². The SMILES string of the molecule is CC[C@H](N)c1ccc(Cl)c(N)c1. The minimum absolute atomic E-state index is 0.0598. The van der Waals surface area contributed by atoms with Crippen LogP contribution in [-0.2, 0) is 0 Å². The van der Waals surface area contributed by atoms with Crippen molar-refractivity contribution in [3.05, 3.63) is 28.8 Å². The predicted molar refractivity (Wildman–Crippen MR) is 53.1 cm³/mol. The van der Waals surface area contributed by atoms with Gasteiger partial charge >= 0.3 is 0 Å². The van der Waals surface area contributed by atoms with Gasteiger partial charge in [0.05, 0.1) is 10.7 Å². The van der Waals surface area contributed by atoms with Crippen molar-refractivity contribution in [3.8, 4) is 0 Å². The summed E-state index contributed by atoms with van der Waals surface area (Å²) in [7, 11) is 0. The van der Waals surface area contributed by atoms with Gasteiger partial charge in [0.15, 0.2) is 0 Å². The van der Waals surface area contributed by atoms with E-state index in [4.69, 9.17) is 23.1 Å². The average molecular weight is 185 g/mol. The Morgan fingerprint density at radius 3 is 2.67 bits per heavy atom. The molecule has 12 heavy (non-hydrogen) atoms. The monoisotopic (exact) mass is 184 g/mol. The molecule has 3 heteroatoms. The third-order valence-electron chi connectivity index (χ3n) is 1.89. The summed E-state index contributed by atoms with van der Waals surface area (Å²) >= 11 is 5.76. The Bertz CT molecular complexity index is 273. The van der Waals surface area contributed by atoms with E-state index in [2.05, 4.69) is 0 Å². The van der Waals surface area contributed by atoms with Crippen LogP contribution in [0.1, 0.15) is 24.9 Å². The topological polar surface area (TPSA) is 52.0 Å². The Morgan fingerprint density at radius 2 is 2.17 bits per heavy atom. The molecule has 1 aromatic rings. The summed E-state index contributed by atoms with van der Waals surface area (Å²) in [6.45, 7) is 2.04. The van der Waals surface area contributed by atoms with Gasteiger partial charge in [-0.1, -0.05) is 24.6 Å². The first-order valence-corrected chi connectivity index (χ1v) is 4.33. The Morgan fingerprint density at radius 1 is 1.50 bits per heavy atom. The normalized spacial score (nSPS) is 12.9. The standard InChI is InChI=1S/C9H13ClN2/c1-2-8(11)6-3-4-7(10)9(12)5-6/h3-5,8H,2,11-12H2,1H3/t8-/m0/s1. The maximum absolute atomic E-state index is 5.81. The van der Waals surface area contributed by atoms with Crippen molar-refractivity contribution >= 4 is 17.3 Å². The van der Waals surface area contributed by atoms with Gasteiger partial charge in [-0.25, -0.2) is 0 Å². The summed E-state index contributed by atoms with van der Waals surface area (Å²) in [5, 5.41) is 0.585. The molecule has 0 aliphatic heterocycles. The van der Waals surface area contributed by atoms with Gasteiger partial charge < -0.3 is 11.5 Å². The first-order chi connectivity index (χ1) is 5.65. The lowest BCUT2D eigenvalue weighted by Gasteiger charge is -2.09. The van der Waals surface area contributed by atoms with Crippen molar-refractivity contribution in [3.63, 3.8) is 0 Å². The molecule has 66 valence electrons. The van der Waals surface area contributed by atoms with E-state index in [-0.39, 0.29) is 6.04 Å². The Kier molecular flexibility index (Phi) is 2.95. The third-order valence-corrected chi connectivity index (χ3v) is 2.23. The Hall–Kier alpha value is -0.730. The lowest BCUT2D eigenvalue weighted by molar-refractivity contribution is 0.699. The quantitative estimate of drug-likeness (QED) is 0.694. The number of benzene rings is 1. The van der Waals surface area contributed by atoms with Crippen LogP contribution in [0.3, 0.4) is 0 Å². The molecule has 0 fully saturated rings. The van der Waals surface area contributed by atoms with Crippen molar-refractivity contribution in [1.82, 2.24) is 0 Å². The first kappa shape index (κ1) is 9.36. The molecule has 0 spiro atoms. The molecular formula is C9H13ClN2. The lowest BCUT2D eigenvalue weighted by Crippen LogP contribution is -2.08. The number of hydrogen-bond acceptors (Lipinski definition) is 2. The molecule has 0 heterocycles.